The third-order valence-corrected chi connectivity index (χ3v) is 5.42. The number of alkyl halides is 3. The molecule has 184 valence electrons. The summed E-state index contributed by atoms with van der Waals surface area (Å²) in [5, 5.41) is 21.6. The lowest BCUT2D eigenvalue weighted by Gasteiger charge is -2.30. The maximum Gasteiger partial charge on any atom is 0.471 e. The molecule has 0 radical (unpaired) electrons. The van der Waals surface area contributed by atoms with Gasteiger partial charge in [-0.1, -0.05) is 30.3 Å². The molecule has 1 aromatic carbocycles. The minimum atomic E-state index is -5.01. The van der Waals surface area contributed by atoms with Crippen molar-refractivity contribution in [1.82, 2.24) is 14.9 Å². The van der Waals surface area contributed by atoms with Crippen LogP contribution in [-0.2, 0) is 21.7 Å². The van der Waals surface area contributed by atoms with Gasteiger partial charge < -0.3 is 26.0 Å². The Kier molecular flexibility index (Phi) is 7.38. The Hall–Kier alpha value is -3.29. The van der Waals surface area contributed by atoms with Crippen molar-refractivity contribution in [2.24, 2.45) is 0 Å². The Balaban J connectivity index is 1.93. The summed E-state index contributed by atoms with van der Waals surface area (Å²) < 4.78 is 43.6. The van der Waals surface area contributed by atoms with Crippen molar-refractivity contribution in [2.75, 3.05) is 18.9 Å². The first-order chi connectivity index (χ1) is 16.0. The van der Waals surface area contributed by atoms with Crippen LogP contribution in [0.2, 0.25) is 0 Å². The molecule has 3 atom stereocenters. The number of aliphatic hydroxyl groups is 2. The Morgan fingerprint density at radius 3 is 2.56 bits per heavy atom. The average molecular weight is 484 g/mol. The molecule has 1 saturated heterocycles. The smallest absolute Gasteiger partial charge is 0.394 e. The van der Waals surface area contributed by atoms with Crippen LogP contribution in [0.3, 0.4) is 0 Å². The SMILES string of the molecule is Nc1nc(=O)n([C@@]2(C(=O)c3ccccc3)C[C@H](O)[C@@H](CO)O2)cc1CCCNC(=O)C(F)(F)F. The molecular formula is C21H23F3N4O6. The Morgan fingerprint density at radius 1 is 1.29 bits per heavy atom. The number of nitrogens with two attached hydrogens (primary N) is 1. The normalized spacial score (nSPS) is 22.5. The summed E-state index contributed by atoms with van der Waals surface area (Å²) in [7, 11) is 0. The van der Waals surface area contributed by atoms with E-state index in [0.717, 1.165) is 4.57 Å². The van der Waals surface area contributed by atoms with E-state index < -0.39 is 48.1 Å². The molecule has 1 aliphatic rings. The fourth-order valence-electron chi connectivity index (χ4n) is 3.72. The molecule has 0 aliphatic carbocycles. The molecule has 1 aliphatic heterocycles. The quantitative estimate of drug-likeness (QED) is 0.304. The third kappa shape index (κ3) is 5.11. The summed E-state index contributed by atoms with van der Waals surface area (Å²) >= 11 is 0. The number of aliphatic hydroxyl groups excluding tert-OH is 2. The number of amides is 1. The fourth-order valence-corrected chi connectivity index (χ4v) is 3.72. The number of anilines is 1. The number of carbonyl (C=O) groups is 2. The van der Waals surface area contributed by atoms with Gasteiger partial charge in [-0.2, -0.15) is 18.2 Å². The second kappa shape index (κ2) is 9.91. The maximum absolute atomic E-state index is 13.5. The van der Waals surface area contributed by atoms with E-state index in [9.17, 15) is 37.8 Å². The number of nitrogen functional groups attached to an aromatic ring is 1. The number of aromatic nitrogens is 2. The molecule has 1 aromatic heterocycles. The maximum atomic E-state index is 13.5. The van der Waals surface area contributed by atoms with Gasteiger partial charge in [0.15, 0.2) is 0 Å². The third-order valence-electron chi connectivity index (χ3n) is 5.42. The van der Waals surface area contributed by atoms with Crippen molar-refractivity contribution in [3.63, 3.8) is 0 Å². The monoisotopic (exact) mass is 484 g/mol. The number of ether oxygens (including phenoxy) is 1. The summed E-state index contributed by atoms with van der Waals surface area (Å²) in [5.41, 5.74) is 3.20. The second-order valence-electron chi connectivity index (χ2n) is 7.75. The number of ketones is 1. The lowest BCUT2D eigenvalue weighted by atomic mass is 9.96. The van der Waals surface area contributed by atoms with Gasteiger partial charge in [0.05, 0.1) is 12.7 Å². The number of nitrogens with one attached hydrogen (secondary N) is 1. The number of rotatable bonds is 8. The molecule has 13 heteroatoms. The van der Waals surface area contributed by atoms with E-state index in [-0.39, 0.29) is 42.8 Å². The number of benzene rings is 1. The molecule has 2 aromatic rings. The van der Waals surface area contributed by atoms with E-state index >= 15 is 0 Å². The number of carbonyl (C=O) groups excluding carboxylic acids is 2. The minimum Gasteiger partial charge on any atom is -0.394 e. The van der Waals surface area contributed by atoms with E-state index in [0.29, 0.717) is 0 Å². The second-order valence-corrected chi connectivity index (χ2v) is 7.75. The number of hydrogen-bond acceptors (Lipinski definition) is 8. The molecule has 10 nitrogen and oxygen atoms in total. The van der Waals surface area contributed by atoms with E-state index in [1.54, 1.807) is 23.5 Å². The Labute approximate surface area is 191 Å². The molecule has 1 amide bonds. The van der Waals surface area contributed by atoms with Crippen molar-refractivity contribution >= 4 is 17.5 Å². The average Bonchev–Trinajstić information content (AvgIpc) is 3.14. The topological polar surface area (TPSA) is 157 Å². The predicted octanol–water partition coefficient (Wildman–Crippen LogP) is 0.114. The number of nitrogens with zero attached hydrogens (tertiary/aromatic N) is 2. The van der Waals surface area contributed by atoms with Gasteiger partial charge in [0.2, 0.25) is 11.5 Å². The fraction of sp³-hybridized carbons (Fsp3) is 0.429. The van der Waals surface area contributed by atoms with Crippen molar-refractivity contribution in [2.45, 2.75) is 43.4 Å². The van der Waals surface area contributed by atoms with E-state index in [1.165, 1.54) is 18.3 Å². The molecule has 0 unspecified atom stereocenters. The molecule has 34 heavy (non-hydrogen) atoms. The van der Waals surface area contributed by atoms with Crippen LogP contribution in [0, 0.1) is 0 Å². The van der Waals surface area contributed by atoms with Crippen LogP contribution in [0.1, 0.15) is 28.8 Å². The lowest BCUT2D eigenvalue weighted by Crippen LogP contribution is -2.49. The first kappa shape index (κ1) is 25.3. The highest BCUT2D eigenvalue weighted by Crippen LogP contribution is 2.37. The van der Waals surface area contributed by atoms with Crippen molar-refractivity contribution in [1.29, 1.82) is 0 Å². The molecule has 5 N–H and O–H groups in total. The first-order valence-corrected chi connectivity index (χ1v) is 10.3. The van der Waals surface area contributed by atoms with Crippen LogP contribution >= 0.6 is 0 Å². The Morgan fingerprint density at radius 2 is 1.97 bits per heavy atom. The lowest BCUT2D eigenvalue weighted by molar-refractivity contribution is -0.173. The molecule has 3 rings (SSSR count). The summed E-state index contributed by atoms with van der Waals surface area (Å²) in [6, 6.07) is 7.86. The summed E-state index contributed by atoms with van der Waals surface area (Å²) in [6.45, 7) is -0.944. The van der Waals surface area contributed by atoms with Crippen molar-refractivity contribution in [3.05, 3.63) is 58.1 Å². The van der Waals surface area contributed by atoms with Crippen LogP contribution in [0.25, 0.3) is 0 Å². The van der Waals surface area contributed by atoms with Crippen LogP contribution in [0.5, 0.6) is 0 Å². The van der Waals surface area contributed by atoms with Crippen LogP contribution in [0.15, 0.2) is 41.3 Å². The van der Waals surface area contributed by atoms with Crippen molar-refractivity contribution < 1.29 is 37.7 Å². The van der Waals surface area contributed by atoms with Crippen LogP contribution < -0.4 is 16.7 Å². The summed E-state index contributed by atoms with van der Waals surface area (Å²) in [6.07, 6.45) is -6.57. The molecule has 0 bridgehead atoms. The highest BCUT2D eigenvalue weighted by atomic mass is 19.4. The number of Topliss-reactive ketones (excluding diaryl/α,β-unsaturated/α-hetero) is 1. The Bertz CT molecular complexity index is 1110. The molecule has 0 spiro atoms. The van der Waals surface area contributed by atoms with Gasteiger partial charge >= 0.3 is 17.8 Å². The largest absolute Gasteiger partial charge is 0.471 e. The van der Waals surface area contributed by atoms with Crippen molar-refractivity contribution in [3.8, 4) is 0 Å². The van der Waals surface area contributed by atoms with Gasteiger partial charge in [0, 0.05) is 30.3 Å². The number of hydrogen-bond donors (Lipinski definition) is 4. The molecule has 1 fully saturated rings. The van der Waals surface area contributed by atoms with E-state index in [4.69, 9.17) is 10.5 Å². The number of aryl methyl sites for hydroxylation is 1. The highest BCUT2D eigenvalue weighted by molar-refractivity contribution is 6.01. The number of halogens is 3. The standard InChI is InChI=1S/C21H23F3N4O6/c22-21(23,24)18(32)26-8-4-7-13-10-28(19(33)27-17(13)25)20(9-14(30)15(11-29)34-20)16(31)12-5-2-1-3-6-12/h1-3,5-6,10,14-15,29-30H,4,7-9,11H2,(H,26,32)(H2,25,27,33)/t14-,15+,20-/m0/s1. The zero-order chi connectivity index (χ0) is 25.1. The minimum absolute atomic E-state index is 0.0127. The first-order valence-electron chi connectivity index (χ1n) is 10.3. The molecule has 0 saturated carbocycles. The highest BCUT2D eigenvalue weighted by Gasteiger charge is 2.53. The van der Waals surface area contributed by atoms with Gasteiger partial charge in [0.1, 0.15) is 11.9 Å². The summed E-state index contributed by atoms with van der Waals surface area (Å²) in [5.74, 6) is -2.96. The van der Waals surface area contributed by atoms with Crippen LogP contribution in [0.4, 0.5) is 19.0 Å². The van der Waals surface area contributed by atoms with Crippen LogP contribution in [-0.4, -0.2) is 63.0 Å². The molecular weight excluding hydrogens is 461 g/mol. The van der Waals surface area contributed by atoms with E-state index in [2.05, 4.69) is 4.98 Å². The van der Waals surface area contributed by atoms with Gasteiger partial charge in [-0.3, -0.25) is 14.2 Å². The predicted molar refractivity (Wildman–Crippen MR) is 112 cm³/mol. The van der Waals surface area contributed by atoms with Gasteiger partial charge in [-0.15, -0.1) is 0 Å². The zero-order valence-corrected chi connectivity index (χ0v) is 17.8. The van der Waals surface area contributed by atoms with Gasteiger partial charge in [0.25, 0.3) is 0 Å². The zero-order valence-electron chi connectivity index (χ0n) is 17.8. The van der Waals surface area contributed by atoms with Gasteiger partial charge in [-0.25, -0.2) is 4.79 Å². The van der Waals surface area contributed by atoms with E-state index in [1.807, 2.05) is 0 Å². The molecule has 2 heterocycles. The van der Waals surface area contributed by atoms with Gasteiger partial charge in [-0.05, 0) is 12.8 Å². The summed E-state index contributed by atoms with van der Waals surface area (Å²) in [4.78, 5) is 40.9.